The number of amides is 2. The highest BCUT2D eigenvalue weighted by molar-refractivity contribution is 6.04. The maximum Gasteiger partial charge on any atom is 0.257 e. The highest BCUT2D eigenvalue weighted by Crippen LogP contribution is 2.31. The molecule has 1 saturated heterocycles. The Morgan fingerprint density at radius 1 is 1.14 bits per heavy atom. The van der Waals surface area contributed by atoms with Gasteiger partial charge in [-0.1, -0.05) is 13.8 Å². The van der Waals surface area contributed by atoms with Crippen molar-refractivity contribution < 1.29 is 28.6 Å². The van der Waals surface area contributed by atoms with Gasteiger partial charge in [0.05, 0.1) is 12.8 Å². The fourth-order valence-corrected chi connectivity index (χ4v) is 3.16. The zero-order valence-corrected chi connectivity index (χ0v) is 19.9. The molecule has 0 aliphatic carbocycles. The molecular weight excluding hydrogens is 455 g/mol. The number of hydrogen-bond acceptors (Lipinski definition) is 6. The number of aromatic amines is 1. The molecule has 2 aromatic carbocycles. The van der Waals surface area contributed by atoms with Crippen LogP contribution in [0.5, 0.6) is 17.2 Å². The fraction of sp³-hybridized carbons (Fsp3) is 0.320. The summed E-state index contributed by atoms with van der Waals surface area (Å²) in [6, 6.07) is 9.99. The molecule has 4 rings (SSSR count). The van der Waals surface area contributed by atoms with Crippen molar-refractivity contribution in [2.45, 2.75) is 33.3 Å². The van der Waals surface area contributed by atoms with Crippen LogP contribution in [-0.2, 0) is 0 Å². The van der Waals surface area contributed by atoms with E-state index in [0.29, 0.717) is 18.9 Å². The Labute approximate surface area is 202 Å². The second kappa shape index (κ2) is 12.0. The normalized spacial score (nSPS) is 13.1. The Morgan fingerprint density at radius 2 is 1.89 bits per heavy atom. The van der Waals surface area contributed by atoms with Gasteiger partial charge in [0, 0.05) is 36.3 Å². The average Bonchev–Trinajstić information content (AvgIpc) is 3.33. The summed E-state index contributed by atoms with van der Waals surface area (Å²) in [4.78, 5) is 26.6. The van der Waals surface area contributed by atoms with E-state index >= 15 is 0 Å². The average molecular weight is 485 g/mol. The van der Waals surface area contributed by atoms with E-state index in [2.05, 4.69) is 15.5 Å². The first-order valence-electron chi connectivity index (χ1n) is 11.4. The van der Waals surface area contributed by atoms with Gasteiger partial charge in [-0.05, 0) is 43.7 Å². The first-order chi connectivity index (χ1) is 16.9. The van der Waals surface area contributed by atoms with Crippen LogP contribution in [-0.4, -0.2) is 57.8 Å². The lowest BCUT2D eigenvalue weighted by molar-refractivity contribution is 0.0651. The number of halogens is 1. The van der Waals surface area contributed by atoms with Crippen molar-refractivity contribution in [3.8, 4) is 17.2 Å². The lowest BCUT2D eigenvalue weighted by atomic mass is 10.1. The van der Waals surface area contributed by atoms with E-state index in [4.69, 9.17) is 9.47 Å². The predicted molar refractivity (Wildman–Crippen MR) is 129 cm³/mol. The van der Waals surface area contributed by atoms with Crippen molar-refractivity contribution in [3.63, 3.8) is 0 Å². The van der Waals surface area contributed by atoms with Gasteiger partial charge in [-0.2, -0.15) is 5.10 Å². The van der Waals surface area contributed by atoms with Crippen LogP contribution >= 0.6 is 0 Å². The maximum atomic E-state index is 14.7. The number of aliphatic hydroxyl groups is 1. The van der Waals surface area contributed by atoms with Crippen LogP contribution < -0.4 is 14.8 Å². The number of benzene rings is 2. The molecule has 35 heavy (non-hydrogen) atoms. The maximum absolute atomic E-state index is 14.7. The van der Waals surface area contributed by atoms with Gasteiger partial charge in [0.2, 0.25) is 0 Å². The number of H-pyrrole nitrogens is 1. The van der Waals surface area contributed by atoms with Gasteiger partial charge >= 0.3 is 0 Å². The van der Waals surface area contributed by atoms with E-state index < -0.39 is 17.8 Å². The molecule has 0 unspecified atom stereocenters. The standard InChI is InChI=1S/C23H23FN4O5.C2H6/c1-14(13-29)32-17-9-16(22(30)26-21-5-6-25-27-21)10-18(12-17)33-20-4-3-15(11-19(20)24)23(31)28-7-2-8-28;1-2/h3-6,9-12,14,29H,2,7-8,13H2,1H3,(H2,25,26,27,30);1-2H3/t14-;/m0./s1. The number of hydrogen-bond donors (Lipinski definition) is 3. The van der Waals surface area contributed by atoms with Crippen molar-refractivity contribution in [3.05, 3.63) is 65.6 Å². The zero-order chi connectivity index (χ0) is 25.4. The summed E-state index contributed by atoms with van der Waals surface area (Å²) in [7, 11) is 0. The molecule has 0 radical (unpaired) electrons. The predicted octanol–water partition coefficient (Wildman–Crippen LogP) is 4.23. The summed E-state index contributed by atoms with van der Waals surface area (Å²) in [5, 5.41) is 18.3. The van der Waals surface area contributed by atoms with Crippen LogP contribution in [0.3, 0.4) is 0 Å². The molecule has 10 heteroatoms. The molecule has 1 aliphatic rings. The first kappa shape index (κ1) is 25.7. The highest BCUT2D eigenvalue weighted by atomic mass is 19.1. The van der Waals surface area contributed by atoms with Gasteiger partial charge in [-0.15, -0.1) is 0 Å². The molecule has 2 heterocycles. The van der Waals surface area contributed by atoms with Gasteiger partial charge in [0.25, 0.3) is 11.8 Å². The topological polar surface area (TPSA) is 117 Å². The van der Waals surface area contributed by atoms with Crippen molar-refractivity contribution in [2.75, 3.05) is 25.0 Å². The molecule has 2 amide bonds. The fourth-order valence-electron chi connectivity index (χ4n) is 3.16. The van der Waals surface area contributed by atoms with Crippen LogP contribution in [0.15, 0.2) is 48.7 Å². The van der Waals surface area contributed by atoms with Gasteiger partial charge in [-0.3, -0.25) is 14.7 Å². The monoisotopic (exact) mass is 484 g/mol. The summed E-state index contributed by atoms with van der Waals surface area (Å²) in [5.41, 5.74) is 0.431. The Kier molecular flexibility index (Phi) is 8.80. The lowest BCUT2D eigenvalue weighted by Gasteiger charge is -2.30. The summed E-state index contributed by atoms with van der Waals surface area (Å²) in [6.45, 7) is 6.76. The minimum atomic E-state index is -0.708. The molecule has 9 nitrogen and oxygen atoms in total. The molecule has 186 valence electrons. The third-order valence-corrected chi connectivity index (χ3v) is 5.04. The number of likely N-dealkylation sites (tertiary alicyclic amines) is 1. The SMILES string of the molecule is CC.C[C@@H](CO)Oc1cc(Oc2ccc(C(=O)N3CCC3)cc2F)cc(C(=O)Nc2ccn[nH]2)c1. The van der Waals surface area contributed by atoms with E-state index in [1.807, 2.05) is 13.8 Å². The molecule has 3 aromatic rings. The zero-order valence-electron chi connectivity index (χ0n) is 19.9. The molecule has 0 saturated carbocycles. The Morgan fingerprint density at radius 3 is 2.49 bits per heavy atom. The molecule has 0 bridgehead atoms. The molecule has 1 aliphatic heterocycles. The summed E-state index contributed by atoms with van der Waals surface area (Å²) < 4.78 is 26.0. The second-order valence-corrected chi connectivity index (χ2v) is 7.62. The number of aliphatic hydroxyl groups excluding tert-OH is 1. The number of ether oxygens (including phenoxy) is 2. The van der Waals surface area contributed by atoms with E-state index in [-0.39, 0.29) is 40.9 Å². The summed E-state index contributed by atoms with van der Waals surface area (Å²) in [5.74, 6) is -0.713. The van der Waals surface area contributed by atoms with E-state index in [1.165, 1.54) is 36.5 Å². The van der Waals surface area contributed by atoms with E-state index in [1.54, 1.807) is 17.9 Å². The number of rotatable bonds is 8. The molecule has 3 N–H and O–H groups in total. The smallest absolute Gasteiger partial charge is 0.257 e. The summed E-state index contributed by atoms with van der Waals surface area (Å²) >= 11 is 0. The number of anilines is 1. The van der Waals surface area contributed by atoms with Crippen molar-refractivity contribution in [1.29, 1.82) is 0 Å². The van der Waals surface area contributed by atoms with Crippen molar-refractivity contribution in [1.82, 2.24) is 15.1 Å². The van der Waals surface area contributed by atoms with Gasteiger partial charge in [0.1, 0.15) is 23.4 Å². The van der Waals surface area contributed by atoms with Crippen LogP contribution in [0.4, 0.5) is 10.2 Å². The number of nitrogens with one attached hydrogen (secondary N) is 2. The van der Waals surface area contributed by atoms with Crippen LogP contribution in [0, 0.1) is 5.82 Å². The number of nitrogens with zero attached hydrogens (tertiary/aromatic N) is 2. The van der Waals surface area contributed by atoms with Gasteiger partial charge in [0.15, 0.2) is 11.6 Å². The van der Waals surface area contributed by atoms with Crippen molar-refractivity contribution in [2.24, 2.45) is 0 Å². The van der Waals surface area contributed by atoms with E-state index in [0.717, 1.165) is 12.5 Å². The Bertz CT molecular complexity index is 1150. The molecule has 0 spiro atoms. The second-order valence-electron chi connectivity index (χ2n) is 7.62. The third kappa shape index (κ3) is 6.57. The minimum absolute atomic E-state index is 0.109. The van der Waals surface area contributed by atoms with E-state index in [9.17, 15) is 19.1 Å². The largest absolute Gasteiger partial charge is 0.488 e. The third-order valence-electron chi connectivity index (χ3n) is 5.04. The number of carbonyl (C=O) groups is 2. The Hall–Kier alpha value is -3.92. The van der Waals surface area contributed by atoms with Crippen molar-refractivity contribution >= 4 is 17.6 Å². The molecule has 1 fully saturated rings. The minimum Gasteiger partial charge on any atom is -0.488 e. The Balaban J connectivity index is 0.00000167. The van der Waals surface area contributed by atoms with Crippen LogP contribution in [0.1, 0.15) is 47.9 Å². The molecule has 1 atom stereocenters. The molecular formula is C25H29FN4O5. The highest BCUT2D eigenvalue weighted by Gasteiger charge is 2.23. The van der Waals surface area contributed by atoms with Crippen LogP contribution in [0.25, 0.3) is 0 Å². The van der Waals surface area contributed by atoms with Gasteiger partial charge < -0.3 is 24.8 Å². The lowest BCUT2D eigenvalue weighted by Crippen LogP contribution is -2.42. The molecule has 1 aromatic heterocycles. The number of aromatic nitrogens is 2. The quantitative estimate of drug-likeness (QED) is 0.441. The van der Waals surface area contributed by atoms with Gasteiger partial charge in [-0.25, -0.2) is 4.39 Å². The first-order valence-corrected chi connectivity index (χ1v) is 11.4. The van der Waals surface area contributed by atoms with Crippen LogP contribution in [0.2, 0.25) is 0 Å². The summed E-state index contributed by atoms with van der Waals surface area (Å²) in [6.07, 6.45) is 1.90. The number of carbonyl (C=O) groups excluding carboxylic acids is 2.